The van der Waals surface area contributed by atoms with Crippen molar-refractivity contribution in [3.8, 4) is 11.8 Å². The van der Waals surface area contributed by atoms with E-state index in [1.165, 1.54) is 18.5 Å². The molecule has 0 aliphatic heterocycles. The van der Waals surface area contributed by atoms with E-state index in [9.17, 15) is 19.1 Å². The molecule has 5 N–H and O–H groups in total. The van der Waals surface area contributed by atoms with Crippen molar-refractivity contribution in [2.75, 3.05) is 11.9 Å². The normalized spacial score (nSPS) is 12.6. The van der Waals surface area contributed by atoms with E-state index < -0.39 is 18.1 Å². The number of rotatable bonds is 9. The third-order valence-electron chi connectivity index (χ3n) is 5.55. The summed E-state index contributed by atoms with van der Waals surface area (Å²) < 4.78 is 13.6. The van der Waals surface area contributed by atoms with Crippen molar-refractivity contribution in [2.24, 2.45) is 4.99 Å². The van der Waals surface area contributed by atoms with Gasteiger partial charge in [0.2, 0.25) is 5.91 Å². The number of nitrogens with one attached hydrogen (secondary N) is 3. The highest BCUT2D eigenvalue weighted by atomic mass is 19.1. The molecule has 0 saturated heterocycles. The van der Waals surface area contributed by atoms with Gasteiger partial charge in [-0.05, 0) is 61.9 Å². The first-order chi connectivity index (χ1) is 18.3. The van der Waals surface area contributed by atoms with Gasteiger partial charge in [0.05, 0.1) is 12.6 Å². The zero-order valence-electron chi connectivity index (χ0n) is 21.0. The second-order valence-electron chi connectivity index (χ2n) is 8.52. The van der Waals surface area contributed by atoms with Crippen LogP contribution in [0.25, 0.3) is 0 Å². The van der Waals surface area contributed by atoms with Crippen LogP contribution in [0.1, 0.15) is 36.1 Å². The monoisotopic (exact) mass is 516 g/mol. The summed E-state index contributed by atoms with van der Waals surface area (Å²) in [5.41, 5.74) is 5.43. The van der Waals surface area contributed by atoms with Crippen LogP contribution in [0.3, 0.4) is 0 Å². The average Bonchev–Trinajstić information content (AvgIpc) is 2.92. The van der Waals surface area contributed by atoms with Crippen LogP contribution in [0, 0.1) is 17.7 Å². The molecule has 9 heteroatoms. The van der Waals surface area contributed by atoms with Gasteiger partial charge in [0, 0.05) is 34.6 Å². The van der Waals surface area contributed by atoms with Crippen molar-refractivity contribution in [2.45, 2.75) is 32.5 Å². The summed E-state index contributed by atoms with van der Waals surface area (Å²) in [4.78, 5) is 28.1. The standard InChI is InChI=1S/C29H29FN4O4/c1-19(32-28(20(2)35)29(37)34-38)23-13-9-21(10-14-23)7-8-22-11-15-25(16-12-22)33-27(36)18-31-17-24-5-3-4-6-26(24)30/h3-6,9-16,20,28,31,35,38H,17-18H2,1-2H3,(H,33,36)(H,34,37)/t20-,28+/m1/s1. The Morgan fingerprint density at radius 1 is 0.974 bits per heavy atom. The lowest BCUT2D eigenvalue weighted by Gasteiger charge is -2.14. The molecular formula is C29H29FN4O4. The molecule has 38 heavy (non-hydrogen) atoms. The third kappa shape index (κ3) is 8.35. The lowest BCUT2D eigenvalue weighted by Crippen LogP contribution is -2.38. The molecule has 196 valence electrons. The molecule has 0 aliphatic rings. The first-order valence-electron chi connectivity index (χ1n) is 11.9. The van der Waals surface area contributed by atoms with Crippen LogP contribution in [0.4, 0.5) is 10.1 Å². The van der Waals surface area contributed by atoms with Crippen LogP contribution >= 0.6 is 0 Å². The Bertz CT molecular complexity index is 1340. The predicted molar refractivity (Wildman–Crippen MR) is 143 cm³/mol. The number of carbonyl (C=O) groups is 2. The summed E-state index contributed by atoms with van der Waals surface area (Å²) in [5, 5.41) is 24.3. The fraction of sp³-hybridized carbons (Fsp3) is 0.207. The first kappa shape index (κ1) is 28.2. The van der Waals surface area contributed by atoms with Crippen LogP contribution in [0.2, 0.25) is 0 Å². The Labute approximate surface area is 220 Å². The van der Waals surface area contributed by atoms with Gasteiger partial charge < -0.3 is 15.7 Å². The van der Waals surface area contributed by atoms with E-state index in [-0.39, 0.29) is 24.8 Å². The number of nitrogens with zero attached hydrogens (tertiary/aromatic N) is 1. The van der Waals surface area contributed by atoms with Gasteiger partial charge >= 0.3 is 0 Å². The summed E-state index contributed by atoms with van der Waals surface area (Å²) in [7, 11) is 0. The van der Waals surface area contributed by atoms with E-state index in [0.29, 0.717) is 17.0 Å². The lowest BCUT2D eigenvalue weighted by atomic mass is 10.1. The number of aliphatic hydroxyl groups is 1. The quantitative estimate of drug-likeness (QED) is 0.130. The maximum Gasteiger partial charge on any atom is 0.270 e. The Hall–Kier alpha value is -4.36. The minimum absolute atomic E-state index is 0.0460. The number of anilines is 1. The van der Waals surface area contributed by atoms with Gasteiger partial charge in [-0.25, -0.2) is 9.87 Å². The lowest BCUT2D eigenvalue weighted by molar-refractivity contribution is -0.132. The van der Waals surface area contributed by atoms with Crippen molar-refractivity contribution in [3.63, 3.8) is 0 Å². The molecule has 3 aromatic carbocycles. The molecular weight excluding hydrogens is 487 g/mol. The van der Waals surface area contributed by atoms with Crippen molar-refractivity contribution in [1.29, 1.82) is 0 Å². The van der Waals surface area contributed by atoms with Crippen molar-refractivity contribution in [3.05, 3.63) is 101 Å². The Morgan fingerprint density at radius 3 is 2.16 bits per heavy atom. The maximum atomic E-state index is 13.6. The molecule has 0 radical (unpaired) electrons. The minimum atomic E-state index is -1.12. The van der Waals surface area contributed by atoms with Gasteiger partial charge in [-0.2, -0.15) is 0 Å². The van der Waals surface area contributed by atoms with Crippen LogP contribution in [-0.2, 0) is 16.1 Å². The molecule has 0 heterocycles. The molecule has 2 atom stereocenters. The molecule has 2 amide bonds. The molecule has 0 saturated carbocycles. The van der Waals surface area contributed by atoms with Gasteiger partial charge in [-0.1, -0.05) is 42.2 Å². The minimum Gasteiger partial charge on any atom is -0.391 e. The molecule has 0 fully saturated rings. The van der Waals surface area contributed by atoms with Crippen molar-refractivity contribution < 1.29 is 24.3 Å². The van der Waals surface area contributed by atoms with Crippen LogP contribution in [0.15, 0.2) is 77.8 Å². The zero-order chi connectivity index (χ0) is 27.5. The van der Waals surface area contributed by atoms with Gasteiger partial charge in [0.15, 0.2) is 6.04 Å². The number of amides is 2. The number of carbonyl (C=O) groups excluding carboxylic acids is 2. The van der Waals surface area contributed by atoms with Gasteiger partial charge in [-0.3, -0.25) is 19.8 Å². The van der Waals surface area contributed by atoms with Crippen LogP contribution < -0.4 is 16.1 Å². The summed E-state index contributed by atoms with van der Waals surface area (Å²) in [5.74, 6) is 4.79. The van der Waals surface area contributed by atoms with E-state index in [4.69, 9.17) is 5.21 Å². The van der Waals surface area contributed by atoms with E-state index in [0.717, 1.165) is 16.7 Å². The number of aliphatic imine (C=N–C) groups is 1. The van der Waals surface area contributed by atoms with E-state index in [1.54, 1.807) is 61.5 Å². The molecule has 0 aromatic heterocycles. The van der Waals surface area contributed by atoms with E-state index in [1.807, 2.05) is 12.1 Å². The molecule has 0 bridgehead atoms. The van der Waals surface area contributed by atoms with Gasteiger partial charge in [0.1, 0.15) is 5.82 Å². The van der Waals surface area contributed by atoms with Crippen molar-refractivity contribution >= 4 is 23.2 Å². The Morgan fingerprint density at radius 2 is 1.58 bits per heavy atom. The summed E-state index contributed by atoms with van der Waals surface area (Å²) in [6.45, 7) is 3.43. The molecule has 0 unspecified atom stereocenters. The van der Waals surface area contributed by atoms with Crippen LogP contribution in [-0.4, -0.2) is 46.5 Å². The maximum absolute atomic E-state index is 13.6. The average molecular weight is 517 g/mol. The highest BCUT2D eigenvalue weighted by Gasteiger charge is 2.22. The van der Waals surface area contributed by atoms with Crippen LogP contribution in [0.5, 0.6) is 0 Å². The number of aliphatic hydroxyl groups excluding tert-OH is 1. The molecule has 8 nitrogen and oxygen atoms in total. The van der Waals surface area contributed by atoms with Gasteiger partial charge in [0.25, 0.3) is 5.91 Å². The summed E-state index contributed by atoms with van der Waals surface area (Å²) in [6, 6.07) is 19.6. The molecule has 0 aliphatic carbocycles. The largest absolute Gasteiger partial charge is 0.391 e. The highest BCUT2D eigenvalue weighted by Crippen LogP contribution is 2.11. The number of halogens is 1. The molecule has 3 rings (SSSR count). The Balaban J connectivity index is 1.54. The van der Waals surface area contributed by atoms with E-state index in [2.05, 4.69) is 27.5 Å². The fourth-order valence-electron chi connectivity index (χ4n) is 3.47. The second-order valence-corrected chi connectivity index (χ2v) is 8.52. The topological polar surface area (TPSA) is 123 Å². The second kappa shape index (κ2) is 13.8. The number of hydrogen-bond acceptors (Lipinski definition) is 6. The summed E-state index contributed by atoms with van der Waals surface area (Å²) in [6.07, 6.45) is -1.07. The zero-order valence-corrected chi connectivity index (χ0v) is 21.0. The number of hydroxylamine groups is 1. The smallest absolute Gasteiger partial charge is 0.270 e. The Kier molecular flexibility index (Phi) is 10.3. The van der Waals surface area contributed by atoms with Crippen molar-refractivity contribution in [1.82, 2.24) is 10.8 Å². The fourth-order valence-corrected chi connectivity index (χ4v) is 3.47. The molecule has 3 aromatic rings. The SMILES string of the molecule is CC(=N[C@H](C(=O)NO)[C@@H](C)O)c1ccc(C#Cc2ccc(NC(=O)CNCc3ccccc3F)cc2)cc1. The summed E-state index contributed by atoms with van der Waals surface area (Å²) >= 11 is 0. The first-order valence-corrected chi connectivity index (χ1v) is 11.9. The number of benzene rings is 3. The van der Waals surface area contributed by atoms with Gasteiger partial charge in [-0.15, -0.1) is 0 Å². The van der Waals surface area contributed by atoms with E-state index >= 15 is 0 Å². The predicted octanol–water partition coefficient (Wildman–Crippen LogP) is 3.02. The third-order valence-corrected chi connectivity index (χ3v) is 5.55. The highest BCUT2D eigenvalue weighted by molar-refractivity contribution is 6.00. The molecule has 0 spiro atoms. The number of hydrogen-bond donors (Lipinski definition) is 5.